The number of carbonyl (C=O) groups excluding carboxylic acids is 1. The molecular formula is C13H23N3O3S2. The van der Waals surface area contributed by atoms with Gasteiger partial charge in [-0.2, -0.15) is 0 Å². The summed E-state index contributed by atoms with van der Waals surface area (Å²) in [5.41, 5.74) is 5.98. The molecule has 0 fully saturated rings. The van der Waals surface area contributed by atoms with Crippen LogP contribution in [0.25, 0.3) is 0 Å². The molecule has 0 aromatic carbocycles. The van der Waals surface area contributed by atoms with Gasteiger partial charge in [0.15, 0.2) is 9.84 Å². The summed E-state index contributed by atoms with van der Waals surface area (Å²) < 4.78 is 24.5. The number of sulfone groups is 1. The lowest BCUT2D eigenvalue weighted by Crippen LogP contribution is -2.24. The van der Waals surface area contributed by atoms with E-state index >= 15 is 0 Å². The minimum Gasteiger partial charge on any atom is -0.396 e. The number of thiophene rings is 1. The predicted molar refractivity (Wildman–Crippen MR) is 87.8 cm³/mol. The van der Waals surface area contributed by atoms with Gasteiger partial charge in [-0.3, -0.25) is 4.79 Å². The molecule has 0 saturated heterocycles. The number of hydrogen-bond donors (Lipinski definition) is 3. The molecule has 0 aliphatic carbocycles. The number of nitrogen functional groups attached to an aromatic ring is 1. The monoisotopic (exact) mass is 333 g/mol. The van der Waals surface area contributed by atoms with Gasteiger partial charge < -0.3 is 16.4 Å². The molecule has 0 atom stereocenters. The second-order valence-corrected chi connectivity index (χ2v) is 8.20. The smallest absolute Gasteiger partial charge is 0.263 e. The van der Waals surface area contributed by atoms with Crippen molar-refractivity contribution in [3.63, 3.8) is 0 Å². The van der Waals surface area contributed by atoms with E-state index < -0.39 is 9.84 Å². The summed E-state index contributed by atoms with van der Waals surface area (Å²) in [6.07, 6.45) is 0.800. The van der Waals surface area contributed by atoms with Crippen molar-refractivity contribution < 1.29 is 13.2 Å². The van der Waals surface area contributed by atoms with Crippen molar-refractivity contribution in [2.75, 3.05) is 23.3 Å². The molecule has 0 spiro atoms. The van der Waals surface area contributed by atoms with E-state index in [1.165, 1.54) is 0 Å². The molecule has 0 bridgehead atoms. The van der Waals surface area contributed by atoms with Gasteiger partial charge in [-0.15, -0.1) is 11.3 Å². The van der Waals surface area contributed by atoms with E-state index in [1.54, 1.807) is 6.92 Å². The van der Waals surface area contributed by atoms with Crippen LogP contribution in [-0.4, -0.2) is 32.7 Å². The number of carbonyl (C=O) groups is 1. The first-order valence-corrected chi connectivity index (χ1v) is 9.41. The van der Waals surface area contributed by atoms with Crippen molar-refractivity contribution in [1.82, 2.24) is 5.32 Å². The Balaban J connectivity index is 3.34. The third-order valence-corrected chi connectivity index (χ3v) is 5.82. The second-order valence-electron chi connectivity index (χ2n) is 4.96. The van der Waals surface area contributed by atoms with E-state index in [4.69, 9.17) is 5.73 Å². The van der Waals surface area contributed by atoms with Crippen molar-refractivity contribution in [3.8, 4) is 0 Å². The van der Waals surface area contributed by atoms with Crippen molar-refractivity contribution >= 4 is 37.8 Å². The molecule has 120 valence electrons. The van der Waals surface area contributed by atoms with Gasteiger partial charge in [0.2, 0.25) is 0 Å². The highest BCUT2D eigenvalue weighted by atomic mass is 32.2. The van der Waals surface area contributed by atoms with Crippen LogP contribution in [0.1, 0.15) is 43.8 Å². The summed E-state index contributed by atoms with van der Waals surface area (Å²) in [5, 5.41) is 6.22. The molecule has 1 aromatic heterocycles. The molecule has 1 rings (SSSR count). The van der Waals surface area contributed by atoms with Crippen LogP contribution in [0.4, 0.5) is 10.7 Å². The maximum Gasteiger partial charge on any atom is 0.263 e. The first-order chi connectivity index (χ1) is 9.74. The molecule has 8 heteroatoms. The zero-order chi connectivity index (χ0) is 16.2. The van der Waals surface area contributed by atoms with Gasteiger partial charge in [-0.1, -0.05) is 13.8 Å². The standard InChI is InChI=1S/C13H23N3O3S2/c1-5-7-15-12(17)10-9(14)11(21(18,19)6-2)13(20-10)16-8(3)4/h8,16H,5-7,14H2,1-4H3,(H,15,17). The largest absolute Gasteiger partial charge is 0.396 e. The molecule has 0 aliphatic rings. The molecule has 4 N–H and O–H groups in total. The van der Waals surface area contributed by atoms with E-state index in [9.17, 15) is 13.2 Å². The molecule has 0 radical (unpaired) electrons. The maximum absolute atomic E-state index is 12.2. The minimum absolute atomic E-state index is 0.0404. The van der Waals surface area contributed by atoms with Crippen LogP contribution in [0.2, 0.25) is 0 Å². The van der Waals surface area contributed by atoms with Gasteiger partial charge in [0.1, 0.15) is 14.8 Å². The Hall–Kier alpha value is -1.28. The SMILES string of the molecule is CCCNC(=O)c1sc(NC(C)C)c(S(=O)(=O)CC)c1N. The van der Waals surface area contributed by atoms with Gasteiger partial charge in [0.05, 0.1) is 11.4 Å². The molecule has 21 heavy (non-hydrogen) atoms. The normalized spacial score (nSPS) is 11.7. The van der Waals surface area contributed by atoms with Crippen molar-refractivity contribution in [2.45, 2.75) is 45.1 Å². The molecule has 0 unspecified atom stereocenters. The van der Waals surface area contributed by atoms with Gasteiger partial charge >= 0.3 is 0 Å². The average molecular weight is 333 g/mol. The third-order valence-electron chi connectivity index (χ3n) is 2.75. The maximum atomic E-state index is 12.2. The van der Waals surface area contributed by atoms with Crippen LogP contribution in [0.15, 0.2) is 4.90 Å². The lowest BCUT2D eigenvalue weighted by Gasteiger charge is -2.10. The highest BCUT2D eigenvalue weighted by molar-refractivity contribution is 7.91. The summed E-state index contributed by atoms with van der Waals surface area (Å²) in [4.78, 5) is 12.4. The fourth-order valence-electron chi connectivity index (χ4n) is 1.73. The molecule has 0 saturated carbocycles. The highest BCUT2D eigenvalue weighted by Crippen LogP contribution is 2.40. The summed E-state index contributed by atoms with van der Waals surface area (Å²) in [6.45, 7) is 7.82. The van der Waals surface area contributed by atoms with Crippen molar-refractivity contribution in [1.29, 1.82) is 0 Å². The van der Waals surface area contributed by atoms with Crippen LogP contribution in [0.5, 0.6) is 0 Å². The average Bonchev–Trinajstić information content (AvgIpc) is 2.72. The summed E-state index contributed by atoms with van der Waals surface area (Å²) in [5.74, 6) is -0.389. The Kier molecular flexibility index (Phi) is 6.03. The lowest BCUT2D eigenvalue weighted by molar-refractivity contribution is 0.0958. The quantitative estimate of drug-likeness (QED) is 0.709. The first-order valence-electron chi connectivity index (χ1n) is 6.94. The molecule has 1 heterocycles. The van der Waals surface area contributed by atoms with Crippen LogP contribution < -0.4 is 16.4 Å². The predicted octanol–water partition coefficient (Wildman–Crippen LogP) is 2.08. The second kappa shape index (κ2) is 7.13. The Morgan fingerprint density at radius 1 is 1.33 bits per heavy atom. The van der Waals surface area contributed by atoms with E-state index in [0.717, 1.165) is 17.8 Å². The van der Waals surface area contributed by atoms with E-state index in [2.05, 4.69) is 10.6 Å². The Morgan fingerprint density at radius 2 is 1.95 bits per heavy atom. The number of nitrogens with one attached hydrogen (secondary N) is 2. The zero-order valence-corrected chi connectivity index (χ0v) is 14.5. The van der Waals surface area contributed by atoms with Crippen LogP contribution in [0, 0.1) is 0 Å². The Labute approximate surface area is 130 Å². The lowest BCUT2D eigenvalue weighted by atomic mass is 10.3. The zero-order valence-electron chi connectivity index (χ0n) is 12.8. The molecule has 1 aromatic rings. The fraction of sp³-hybridized carbons (Fsp3) is 0.615. The van der Waals surface area contributed by atoms with E-state index in [0.29, 0.717) is 11.5 Å². The van der Waals surface area contributed by atoms with Gasteiger partial charge in [0, 0.05) is 12.6 Å². The number of rotatable bonds is 7. The fourth-order valence-corrected chi connectivity index (χ4v) is 4.44. The molecule has 6 nitrogen and oxygen atoms in total. The molecular weight excluding hydrogens is 310 g/mol. The highest BCUT2D eigenvalue weighted by Gasteiger charge is 2.28. The Bertz CT molecular complexity index is 606. The van der Waals surface area contributed by atoms with E-state index in [1.807, 2.05) is 20.8 Å². The van der Waals surface area contributed by atoms with Gasteiger partial charge in [0.25, 0.3) is 5.91 Å². The third kappa shape index (κ3) is 4.10. The number of amides is 1. The number of anilines is 2. The number of nitrogens with two attached hydrogens (primary N) is 1. The van der Waals surface area contributed by atoms with Gasteiger partial charge in [-0.05, 0) is 20.3 Å². The summed E-state index contributed by atoms with van der Waals surface area (Å²) in [6, 6.07) is 0.0420. The van der Waals surface area contributed by atoms with Crippen molar-refractivity contribution in [2.24, 2.45) is 0 Å². The van der Waals surface area contributed by atoms with Crippen molar-refractivity contribution in [3.05, 3.63) is 4.88 Å². The van der Waals surface area contributed by atoms with Gasteiger partial charge in [-0.25, -0.2) is 8.42 Å². The summed E-state index contributed by atoms with van der Waals surface area (Å²) in [7, 11) is -3.50. The van der Waals surface area contributed by atoms with Crippen LogP contribution >= 0.6 is 11.3 Å². The first kappa shape index (κ1) is 17.8. The number of hydrogen-bond acceptors (Lipinski definition) is 6. The van der Waals surface area contributed by atoms with Crippen LogP contribution in [0.3, 0.4) is 0 Å². The van der Waals surface area contributed by atoms with Crippen LogP contribution in [-0.2, 0) is 9.84 Å². The van der Waals surface area contributed by atoms with E-state index in [-0.39, 0.29) is 33.2 Å². The molecule has 0 aliphatic heterocycles. The topological polar surface area (TPSA) is 101 Å². The minimum atomic E-state index is -3.50. The summed E-state index contributed by atoms with van der Waals surface area (Å²) >= 11 is 1.09. The Morgan fingerprint density at radius 3 is 2.43 bits per heavy atom. The molecule has 1 amide bonds.